The molecule has 0 aliphatic carbocycles. The Kier molecular flexibility index (Phi) is 16.2. The predicted molar refractivity (Wildman–Crippen MR) is 107 cm³/mol. The van der Waals surface area contributed by atoms with Crippen LogP contribution in [0.3, 0.4) is 0 Å². The van der Waals surface area contributed by atoms with Crippen LogP contribution in [0.15, 0.2) is 0 Å². The van der Waals surface area contributed by atoms with Gasteiger partial charge >= 0.3 is 12.1 Å². The van der Waals surface area contributed by atoms with Gasteiger partial charge in [0.25, 0.3) is 0 Å². The van der Waals surface area contributed by atoms with Crippen LogP contribution in [0.5, 0.6) is 0 Å². The summed E-state index contributed by atoms with van der Waals surface area (Å²) in [5, 5.41) is 0. The van der Waals surface area contributed by atoms with Crippen LogP contribution in [0.2, 0.25) is 0 Å². The molecule has 28 heavy (non-hydrogen) atoms. The molecule has 0 aromatic rings. The highest BCUT2D eigenvalue weighted by Gasteiger charge is 2.19. The van der Waals surface area contributed by atoms with Crippen molar-refractivity contribution < 1.29 is 28.6 Å². The summed E-state index contributed by atoms with van der Waals surface area (Å²) in [4.78, 5) is 38.0. The molecular formula is C20H38N2O6. The van der Waals surface area contributed by atoms with Crippen molar-refractivity contribution in [3.8, 4) is 0 Å². The molecule has 0 aromatic carbocycles. The van der Waals surface area contributed by atoms with Crippen LogP contribution in [0, 0.1) is 0 Å². The van der Waals surface area contributed by atoms with Crippen LogP contribution < -0.4 is 0 Å². The molecule has 164 valence electrons. The second kappa shape index (κ2) is 17.3. The third-order valence-corrected chi connectivity index (χ3v) is 4.25. The molecule has 0 atom stereocenters. The van der Waals surface area contributed by atoms with Gasteiger partial charge in [-0.2, -0.15) is 0 Å². The molecule has 8 nitrogen and oxygen atoms in total. The number of hydrogen-bond acceptors (Lipinski definition) is 6. The van der Waals surface area contributed by atoms with Crippen LogP contribution in [-0.2, 0) is 23.8 Å². The Bertz CT molecular complexity index is 444. The number of ether oxygens (including phenoxy) is 3. The van der Waals surface area contributed by atoms with E-state index in [9.17, 15) is 14.4 Å². The molecule has 0 heterocycles. The first-order chi connectivity index (χ1) is 13.4. The Hall–Kier alpha value is -1.83. The summed E-state index contributed by atoms with van der Waals surface area (Å²) in [5.41, 5.74) is 0. The molecule has 0 aliphatic heterocycles. The maximum Gasteiger partial charge on any atom is 0.410 e. The molecule has 0 saturated carbocycles. The van der Waals surface area contributed by atoms with Gasteiger partial charge in [0.15, 0.2) is 0 Å². The number of unbranched alkanes of at least 4 members (excludes halogenated alkanes) is 7. The largest absolute Gasteiger partial charge is 0.464 e. The van der Waals surface area contributed by atoms with Gasteiger partial charge in [0, 0.05) is 21.2 Å². The van der Waals surface area contributed by atoms with Gasteiger partial charge in [-0.15, -0.1) is 0 Å². The van der Waals surface area contributed by atoms with Gasteiger partial charge in [0.1, 0.15) is 19.7 Å². The first-order valence-corrected chi connectivity index (χ1v) is 10.2. The molecule has 0 rings (SSSR count). The van der Waals surface area contributed by atoms with Gasteiger partial charge in [-0.25, -0.2) is 4.79 Å². The number of rotatable bonds is 16. The summed E-state index contributed by atoms with van der Waals surface area (Å²) >= 11 is 0. The quantitative estimate of drug-likeness (QED) is 0.291. The lowest BCUT2D eigenvalue weighted by Gasteiger charge is -2.21. The molecule has 8 heteroatoms. The van der Waals surface area contributed by atoms with E-state index in [1.165, 1.54) is 58.2 Å². The van der Waals surface area contributed by atoms with Crippen LogP contribution in [-0.4, -0.2) is 81.9 Å². The Morgan fingerprint density at radius 3 is 1.93 bits per heavy atom. The van der Waals surface area contributed by atoms with Crippen molar-refractivity contribution in [2.75, 3.05) is 54.1 Å². The van der Waals surface area contributed by atoms with E-state index in [2.05, 4.69) is 6.92 Å². The lowest BCUT2D eigenvalue weighted by atomic mass is 10.1. The van der Waals surface area contributed by atoms with Crippen molar-refractivity contribution in [3.05, 3.63) is 0 Å². The lowest BCUT2D eigenvalue weighted by molar-refractivity contribution is -0.148. The maximum absolute atomic E-state index is 12.1. The zero-order valence-corrected chi connectivity index (χ0v) is 18.0. The Morgan fingerprint density at radius 1 is 0.714 bits per heavy atom. The molecule has 0 radical (unpaired) electrons. The molecule has 0 unspecified atom stereocenters. The normalized spacial score (nSPS) is 10.4. The van der Waals surface area contributed by atoms with Crippen molar-refractivity contribution in [2.45, 2.75) is 58.3 Å². The number of likely N-dealkylation sites (N-methyl/N-ethyl adjacent to an activating group) is 2. The first kappa shape index (κ1) is 26.2. The van der Waals surface area contributed by atoms with Crippen LogP contribution in [0.1, 0.15) is 58.3 Å². The van der Waals surface area contributed by atoms with Crippen molar-refractivity contribution in [1.82, 2.24) is 9.80 Å². The summed E-state index contributed by atoms with van der Waals surface area (Å²) in [5.74, 6) is -0.806. The van der Waals surface area contributed by atoms with Crippen LogP contribution in [0.25, 0.3) is 0 Å². The summed E-state index contributed by atoms with van der Waals surface area (Å²) < 4.78 is 14.9. The standard InChI is InChI=1S/C20H38N2O6/c1-5-6-7-8-9-10-11-12-13-27-19(24)17-21(2)18(23)16-22(3)20(25)28-15-14-26-4/h5-17H2,1-4H3. The van der Waals surface area contributed by atoms with E-state index >= 15 is 0 Å². The fraction of sp³-hybridized carbons (Fsp3) is 0.850. The lowest BCUT2D eigenvalue weighted by Crippen LogP contribution is -2.42. The smallest absolute Gasteiger partial charge is 0.410 e. The zero-order chi connectivity index (χ0) is 21.2. The van der Waals surface area contributed by atoms with Gasteiger partial charge in [-0.1, -0.05) is 51.9 Å². The minimum absolute atomic E-state index is 0.120. The molecule has 0 N–H and O–H groups in total. The molecule has 0 bridgehead atoms. The van der Waals surface area contributed by atoms with Gasteiger partial charge < -0.3 is 24.0 Å². The second-order valence-corrected chi connectivity index (χ2v) is 6.91. The average Bonchev–Trinajstić information content (AvgIpc) is 2.66. The second-order valence-electron chi connectivity index (χ2n) is 6.91. The van der Waals surface area contributed by atoms with Crippen molar-refractivity contribution >= 4 is 18.0 Å². The SMILES string of the molecule is CCCCCCCCCCOC(=O)CN(C)C(=O)CN(C)C(=O)OCCOC. The summed E-state index contributed by atoms with van der Waals surface area (Å²) in [6.45, 7) is 2.68. The van der Waals surface area contributed by atoms with Gasteiger partial charge in [-0.05, 0) is 6.42 Å². The Balaban J connectivity index is 3.83. The minimum Gasteiger partial charge on any atom is -0.464 e. The Morgan fingerprint density at radius 2 is 1.32 bits per heavy atom. The molecule has 0 aromatic heterocycles. The highest BCUT2D eigenvalue weighted by atomic mass is 16.6. The van der Waals surface area contributed by atoms with Crippen LogP contribution in [0.4, 0.5) is 4.79 Å². The van der Waals surface area contributed by atoms with Gasteiger partial charge in [-0.3, -0.25) is 9.59 Å². The van der Waals surface area contributed by atoms with E-state index < -0.39 is 12.1 Å². The predicted octanol–water partition coefficient (Wildman–Crippen LogP) is 2.84. The fourth-order valence-corrected chi connectivity index (χ4v) is 2.46. The highest BCUT2D eigenvalue weighted by molar-refractivity contribution is 5.85. The molecule has 0 saturated heterocycles. The topological polar surface area (TPSA) is 85.4 Å². The number of methoxy groups -OCH3 is 1. The van der Waals surface area contributed by atoms with E-state index in [1.54, 1.807) is 0 Å². The van der Waals surface area contributed by atoms with E-state index in [0.717, 1.165) is 24.2 Å². The number of carbonyl (C=O) groups excluding carboxylic acids is 3. The van der Waals surface area contributed by atoms with Gasteiger partial charge in [0.05, 0.1) is 13.2 Å². The maximum atomic E-state index is 12.1. The Labute approximate surface area is 169 Å². The number of amides is 2. The monoisotopic (exact) mass is 402 g/mol. The number of hydrogen-bond donors (Lipinski definition) is 0. The van der Waals surface area contributed by atoms with Crippen LogP contribution >= 0.6 is 0 Å². The highest BCUT2D eigenvalue weighted by Crippen LogP contribution is 2.08. The molecule has 2 amide bonds. The average molecular weight is 403 g/mol. The third kappa shape index (κ3) is 14.3. The van der Waals surface area contributed by atoms with Gasteiger partial charge in [0.2, 0.25) is 5.91 Å². The van der Waals surface area contributed by atoms with Crippen molar-refractivity contribution in [2.24, 2.45) is 0 Å². The fourth-order valence-electron chi connectivity index (χ4n) is 2.46. The summed E-state index contributed by atoms with van der Waals surface area (Å²) in [7, 11) is 4.47. The minimum atomic E-state index is -0.615. The zero-order valence-electron chi connectivity index (χ0n) is 18.0. The van der Waals surface area contributed by atoms with Crippen molar-refractivity contribution in [3.63, 3.8) is 0 Å². The van der Waals surface area contributed by atoms with E-state index in [0.29, 0.717) is 6.61 Å². The molecular weight excluding hydrogens is 364 g/mol. The summed E-state index contributed by atoms with van der Waals surface area (Å²) in [6.07, 6.45) is 8.78. The van der Waals surface area contributed by atoms with Crippen molar-refractivity contribution in [1.29, 1.82) is 0 Å². The van der Waals surface area contributed by atoms with E-state index in [4.69, 9.17) is 14.2 Å². The number of esters is 1. The molecule has 0 spiro atoms. The summed E-state index contributed by atoms with van der Waals surface area (Å²) in [6, 6.07) is 0. The number of nitrogens with zero attached hydrogens (tertiary/aromatic N) is 2. The molecule has 0 aliphatic rings. The third-order valence-electron chi connectivity index (χ3n) is 4.25. The molecule has 0 fully saturated rings. The first-order valence-electron chi connectivity index (χ1n) is 10.2. The van der Waals surface area contributed by atoms with E-state index in [1.807, 2.05) is 0 Å². The number of carbonyl (C=O) groups is 3. The van der Waals surface area contributed by atoms with E-state index in [-0.39, 0.29) is 32.2 Å².